The molecule has 0 aliphatic heterocycles. The zero-order valence-corrected chi connectivity index (χ0v) is 9.92. The summed E-state index contributed by atoms with van der Waals surface area (Å²) in [6, 6.07) is 0.475. The second kappa shape index (κ2) is 5.55. The third-order valence-electron chi connectivity index (χ3n) is 3.49. The zero-order chi connectivity index (χ0) is 10.6. The largest absolute Gasteiger partial charge is 0.328 e. The average molecular weight is 195 g/mol. The summed E-state index contributed by atoms with van der Waals surface area (Å²) in [5, 5.41) is 0. The third-order valence-corrected chi connectivity index (χ3v) is 3.49. The molecule has 0 saturated heterocycles. The predicted molar refractivity (Wildman–Crippen MR) is 63.1 cm³/mol. The molecule has 1 nitrogen and oxygen atoms in total. The fourth-order valence-corrected chi connectivity index (χ4v) is 2.44. The molecule has 0 bridgehead atoms. The van der Waals surface area contributed by atoms with Gasteiger partial charge in [0.05, 0.1) is 0 Å². The zero-order valence-electron chi connectivity index (χ0n) is 9.92. The Bertz CT molecular complexity index is 191. The van der Waals surface area contributed by atoms with Gasteiger partial charge in [-0.15, -0.1) is 0 Å². The Morgan fingerprint density at radius 1 is 1.36 bits per heavy atom. The first kappa shape index (κ1) is 11.8. The number of nitrogens with two attached hydrogens (primary N) is 1. The van der Waals surface area contributed by atoms with E-state index in [2.05, 4.69) is 26.8 Å². The van der Waals surface area contributed by atoms with Crippen molar-refractivity contribution in [3.63, 3.8) is 0 Å². The summed E-state index contributed by atoms with van der Waals surface area (Å²) in [5.41, 5.74) is 7.45. The highest BCUT2D eigenvalue weighted by molar-refractivity contribution is 4.93. The smallest absolute Gasteiger partial charge is 0.00416 e. The number of allylic oxidation sites excluding steroid dienone is 2. The molecule has 0 aromatic heterocycles. The maximum atomic E-state index is 6.00. The van der Waals surface area contributed by atoms with Crippen LogP contribution in [0.2, 0.25) is 0 Å². The van der Waals surface area contributed by atoms with Crippen LogP contribution in [0.1, 0.15) is 52.9 Å². The van der Waals surface area contributed by atoms with Gasteiger partial charge in [0.15, 0.2) is 0 Å². The maximum Gasteiger partial charge on any atom is 0.00416 e. The first-order valence-electron chi connectivity index (χ1n) is 5.98. The summed E-state index contributed by atoms with van der Waals surface area (Å²) >= 11 is 0. The Labute approximate surface area is 88.8 Å². The molecule has 0 amide bonds. The van der Waals surface area contributed by atoms with Crippen LogP contribution >= 0.6 is 0 Å². The third kappa shape index (κ3) is 3.83. The van der Waals surface area contributed by atoms with Gasteiger partial charge in [-0.05, 0) is 57.8 Å². The van der Waals surface area contributed by atoms with E-state index in [1.54, 1.807) is 0 Å². The Morgan fingerprint density at radius 3 is 2.71 bits per heavy atom. The molecule has 1 aliphatic rings. The minimum atomic E-state index is 0.475. The van der Waals surface area contributed by atoms with Crippen LogP contribution in [0, 0.1) is 11.8 Å². The van der Waals surface area contributed by atoms with Crippen LogP contribution in [-0.4, -0.2) is 6.04 Å². The Morgan fingerprint density at radius 2 is 2.07 bits per heavy atom. The highest BCUT2D eigenvalue weighted by Gasteiger charge is 2.24. The lowest BCUT2D eigenvalue weighted by Crippen LogP contribution is -2.32. The van der Waals surface area contributed by atoms with E-state index >= 15 is 0 Å². The Balaban J connectivity index is 2.31. The fraction of sp³-hybridized carbons (Fsp3) is 0.846. The number of hydrogen-bond acceptors (Lipinski definition) is 1. The predicted octanol–water partition coefficient (Wildman–Crippen LogP) is 3.50. The van der Waals surface area contributed by atoms with Crippen molar-refractivity contribution in [3.05, 3.63) is 11.6 Å². The number of rotatable bonds is 3. The van der Waals surface area contributed by atoms with Gasteiger partial charge in [-0.1, -0.05) is 18.6 Å². The molecule has 0 aromatic rings. The highest BCUT2D eigenvalue weighted by Crippen LogP contribution is 2.32. The van der Waals surface area contributed by atoms with Gasteiger partial charge in [-0.3, -0.25) is 0 Å². The summed E-state index contributed by atoms with van der Waals surface area (Å²) in [5.74, 6) is 1.76. The first-order chi connectivity index (χ1) is 6.59. The minimum absolute atomic E-state index is 0.475. The van der Waals surface area contributed by atoms with E-state index in [9.17, 15) is 0 Å². The maximum absolute atomic E-state index is 6.00. The summed E-state index contributed by atoms with van der Waals surface area (Å²) in [7, 11) is 0. The molecule has 3 unspecified atom stereocenters. The lowest BCUT2D eigenvalue weighted by molar-refractivity contribution is 0.221. The molecule has 0 heterocycles. The van der Waals surface area contributed by atoms with Crippen molar-refractivity contribution >= 4 is 0 Å². The molecule has 14 heavy (non-hydrogen) atoms. The van der Waals surface area contributed by atoms with Gasteiger partial charge >= 0.3 is 0 Å². The van der Waals surface area contributed by atoms with Crippen LogP contribution < -0.4 is 5.73 Å². The van der Waals surface area contributed by atoms with Gasteiger partial charge in [0.25, 0.3) is 0 Å². The minimum Gasteiger partial charge on any atom is -0.328 e. The standard InChI is InChI=1S/C13H25N/c1-10(2)5-4-6-12-9-13(14)8-7-11(12)3/h5,11-13H,4,6-9,14H2,1-3H3. The molecule has 0 spiro atoms. The van der Waals surface area contributed by atoms with Crippen LogP contribution in [0.3, 0.4) is 0 Å². The Kier molecular flexibility index (Phi) is 4.67. The molecule has 0 aromatic carbocycles. The second-order valence-electron chi connectivity index (χ2n) is 5.17. The molecule has 1 saturated carbocycles. The molecule has 1 aliphatic carbocycles. The van der Waals surface area contributed by atoms with Crippen molar-refractivity contribution in [1.29, 1.82) is 0 Å². The van der Waals surface area contributed by atoms with Crippen molar-refractivity contribution in [1.82, 2.24) is 0 Å². The van der Waals surface area contributed by atoms with E-state index in [0.29, 0.717) is 6.04 Å². The molecule has 1 fully saturated rings. The van der Waals surface area contributed by atoms with Crippen LogP contribution in [-0.2, 0) is 0 Å². The van der Waals surface area contributed by atoms with E-state index < -0.39 is 0 Å². The van der Waals surface area contributed by atoms with Gasteiger partial charge in [-0.2, -0.15) is 0 Å². The van der Waals surface area contributed by atoms with Crippen molar-refractivity contribution in [2.75, 3.05) is 0 Å². The fourth-order valence-electron chi connectivity index (χ4n) is 2.44. The SMILES string of the molecule is CC(C)=CCCC1CC(N)CCC1C. The number of hydrogen-bond donors (Lipinski definition) is 1. The lowest BCUT2D eigenvalue weighted by Gasteiger charge is -2.32. The molecular weight excluding hydrogens is 170 g/mol. The van der Waals surface area contributed by atoms with Gasteiger partial charge in [0.2, 0.25) is 0 Å². The quantitative estimate of drug-likeness (QED) is 0.685. The van der Waals surface area contributed by atoms with Gasteiger partial charge in [0, 0.05) is 6.04 Å². The van der Waals surface area contributed by atoms with E-state index in [1.807, 2.05) is 0 Å². The molecule has 1 heteroatoms. The van der Waals surface area contributed by atoms with Crippen molar-refractivity contribution in [3.8, 4) is 0 Å². The molecule has 82 valence electrons. The second-order valence-corrected chi connectivity index (χ2v) is 5.17. The average Bonchev–Trinajstić information content (AvgIpc) is 2.10. The summed E-state index contributed by atoms with van der Waals surface area (Å²) < 4.78 is 0. The first-order valence-corrected chi connectivity index (χ1v) is 5.98. The molecule has 0 radical (unpaired) electrons. The summed E-state index contributed by atoms with van der Waals surface area (Å²) in [6.45, 7) is 6.74. The summed E-state index contributed by atoms with van der Waals surface area (Å²) in [6.07, 6.45) is 8.75. The van der Waals surface area contributed by atoms with Gasteiger partial charge < -0.3 is 5.73 Å². The van der Waals surface area contributed by atoms with Crippen molar-refractivity contribution < 1.29 is 0 Å². The van der Waals surface area contributed by atoms with E-state index in [0.717, 1.165) is 11.8 Å². The summed E-state index contributed by atoms with van der Waals surface area (Å²) in [4.78, 5) is 0. The molecule has 3 atom stereocenters. The lowest BCUT2D eigenvalue weighted by atomic mass is 9.76. The molecule has 2 N–H and O–H groups in total. The van der Waals surface area contributed by atoms with Gasteiger partial charge in [-0.25, -0.2) is 0 Å². The van der Waals surface area contributed by atoms with E-state index in [4.69, 9.17) is 5.73 Å². The van der Waals surface area contributed by atoms with Crippen LogP contribution in [0.15, 0.2) is 11.6 Å². The van der Waals surface area contributed by atoms with Gasteiger partial charge in [0.1, 0.15) is 0 Å². The van der Waals surface area contributed by atoms with Crippen LogP contribution in [0.5, 0.6) is 0 Å². The molecular formula is C13H25N. The van der Waals surface area contributed by atoms with E-state index in [-0.39, 0.29) is 0 Å². The Hall–Kier alpha value is -0.300. The van der Waals surface area contributed by atoms with Crippen molar-refractivity contribution in [2.24, 2.45) is 17.6 Å². The van der Waals surface area contributed by atoms with Crippen LogP contribution in [0.25, 0.3) is 0 Å². The highest BCUT2D eigenvalue weighted by atomic mass is 14.6. The topological polar surface area (TPSA) is 26.0 Å². The molecule has 1 rings (SSSR count). The van der Waals surface area contributed by atoms with E-state index in [1.165, 1.54) is 37.7 Å². The van der Waals surface area contributed by atoms with Crippen molar-refractivity contribution in [2.45, 2.75) is 58.9 Å². The van der Waals surface area contributed by atoms with Crippen LogP contribution in [0.4, 0.5) is 0 Å². The normalized spacial score (nSPS) is 32.7. The monoisotopic (exact) mass is 195 g/mol.